The molecule has 1 aromatic carbocycles. The molecule has 0 saturated heterocycles. The number of ether oxygens (including phenoxy) is 1. The third-order valence-corrected chi connectivity index (χ3v) is 5.06. The second-order valence-corrected chi connectivity index (χ2v) is 7.40. The molecule has 0 unspecified atom stereocenters. The average molecular weight is 363 g/mol. The minimum Gasteiger partial charge on any atom is -0.439 e. The van der Waals surface area contributed by atoms with Gasteiger partial charge < -0.3 is 4.74 Å². The monoisotopic (exact) mass is 363 g/mol. The summed E-state index contributed by atoms with van der Waals surface area (Å²) in [5.41, 5.74) is 0.789. The first-order valence-corrected chi connectivity index (χ1v) is 9.91. The van der Waals surface area contributed by atoms with E-state index < -0.39 is 10.2 Å². The second-order valence-electron chi connectivity index (χ2n) is 5.64. The first-order valence-electron chi connectivity index (χ1n) is 8.47. The normalized spacial score (nSPS) is 11.6. The lowest BCUT2D eigenvalue weighted by atomic mass is 10.3. The lowest BCUT2D eigenvalue weighted by Gasteiger charge is -2.21. The van der Waals surface area contributed by atoms with E-state index in [9.17, 15) is 8.42 Å². The smallest absolute Gasteiger partial charge is 0.279 e. The SMILES string of the molecule is CCCN(CCC)S(=O)(=O)NCc1ccnc(Oc2ccccc2)c1. The Morgan fingerprint density at radius 2 is 1.76 bits per heavy atom. The molecule has 0 bridgehead atoms. The predicted molar refractivity (Wildman–Crippen MR) is 98.7 cm³/mol. The third kappa shape index (κ3) is 6.12. The van der Waals surface area contributed by atoms with Crippen LogP contribution < -0.4 is 9.46 Å². The van der Waals surface area contributed by atoms with Gasteiger partial charge in [0.25, 0.3) is 10.2 Å². The number of para-hydroxylation sites is 1. The van der Waals surface area contributed by atoms with Crippen molar-refractivity contribution in [2.75, 3.05) is 13.1 Å². The predicted octanol–water partition coefficient (Wildman–Crippen LogP) is 3.33. The molecule has 7 heteroatoms. The molecule has 136 valence electrons. The summed E-state index contributed by atoms with van der Waals surface area (Å²) in [5, 5.41) is 0. The van der Waals surface area contributed by atoms with Crippen LogP contribution in [0, 0.1) is 0 Å². The molecular weight excluding hydrogens is 338 g/mol. The Morgan fingerprint density at radius 3 is 2.40 bits per heavy atom. The molecule has 0 amide bonds. The molecule has 0 fully saturated rings. The van der Waals surface area contributed by atoms with E-state index in [0.717, 1.165) is 18.4 Å². The van der Waals surface area contributed by atoms with Gasteiger partial charge in [0.05, 0.1) is 0 Å². The van der Waals surface area contributed by atoms with Crippen molar-refractivity contribution in [1.82, 2.24) is 14.0 Å². The maximum Gasteiger partial charge on any atom is 0.279 e. The van der Waals surface area contributed by atoms with Gasteiger partial charge in [0.1, 0.15) is 5.75 Å². The number of hydrogen-bond donors (Lipinski definition) is 1. The van der Waals surface area contributed by atoms with Gasteiger partial charge in [-0.2, -0.15) is 17.4 Å². The van der Waals surface area contributed by atoms with Crippen molar-refractivity contribution < 1.29 is 13.2 Å². The Hall–Kier alpha value is -1.96. The fourth-order valence-corrected chi connectivity index (χ4v) is 3.72. The summed E-state index contributed by atoms with van der Waals surface area (Å²) in [7, 11) is -3.49. The number of benzene rings is 1. The Kier molecular flexibility index (Phi) is 7.36. The van der Waals surface area contributed by atoms with Gasteiger partial charge in [0.2, 0.25) is 5.88 Å². The fourth-order valence-electron chi connectivity index (χ4n) is 2.34. The summed E-state index contributed by atoms with van der Waals surface area (Å²) < 4.78 is 34.7. The molecule has 0 aliphatic rings. The van der Waals surface area contributed by atoms with Gasteiger partial charge in [0.15, 0.2) is 0 Å². The molecule has 6 nitrogen and oxygen atoms in total. The molecule has 1 N–H and O–H groups in total. The highest BCUT2D eigenvalue weighted by Gasteiger charge is 2.19. The summed E-state index contributed by atoms with van der Waals surface area (Å²) in [6.45, 7) is 5.16. The summed E-state index contributed by atoms with van der Waals surface area (Å²) >= 11 is 0. The van der Waals surface area contributed by atoms with E-state index in [2.05, 4.69) is 9.71 Å². The van der Waals surface area contributed by atoms with Crippen LogP contribution in [0.1, 0.15) is 32.3 Å². The van der Waals surface area contributed by atoms with Gasteiger partial charge in [0, 0.05) is 31.9 Å². The largest absolute Gasteiger partial charge is 0.439 e. The highest BCUT2D eigenvalue weighted by atomic mass is 32.2. The lowest BCUT2D eigenvalue weighted by Crippen LogP contribution is -2.41. The van der Waals surface area contributed by atoms with Crippen LogP contribution in [0.2, 0.25) is 0 Å². The van der Waals surface area contributed by atoms with Crippen molar-refractivity contribution in [1.29, 1.82) is 0 Å². The third-order valence-electron chi connectivity index (χ3n) is 3.51. The average Bonchev–Trinajstić information content (AvgIpc) is 2.61. The van der Waals surface area contributed by atoms with Crippen LogP contribution in [0.5, 0.6) is 11.6 Å². The first kappa shape index (κ1) is 19.4. The molecule has 0 atom stereocenters. The minimum atomic E-state index is -3.49. The van der Waals surface area contributed by atoms with Crippen LogP contribution >= 0.6 is 0 Å². The zero-order valence-electron chi connectivity index (χ0n) is 14.7. The fraction of sp³-hybridized carbons (Fsp3) is 0.389. The van der Waals surface area contributed by atoms with E-state index in [1.54, 1.807) is 18.3 Å². The number of aromatic nitrogens is 1. The van der Waals surface area contributed by atoms with Crippen molar-refractivity contribution in [2.45, 2.75) is 33.2 Å². The molecule has 0 aliphatic heterocycles. The molecule has 1 aromatic heterocycles. The number of nitrogens with zero attached hydrogens (tertiary/aromatic N) is 2. The summed E-state index contributed by atoms with van der Waals surface area (Å²) in [6, 6.07) is 12.8. The van der Waals surface area contributed by atoms with Gasteiger partial charge in [-0.3, -0.25) is 0 Å². The van der Waals surface area contributed by atoms with Crippen LogP contribution in [-0.4, -0.2) is 30.8 Å². The van der Waals surface area contributed by atoms with E-state index in [1.165, 1.54) is 4.31 Å². The summed E-state index contributed by atoms with van der Waals surface area (Å²) in [4.78, 5) is 4.16. The topological polar surface area (TPSA) is 71.5 Å². The van der Waals surface area contributed by atoms with Crippen molar-refractivity contribution in [3.8, 4) is 11.6 Å². The second kappa shape index (κ2) is 9.50. The van der Waals surface area contributed by atoms with Gasteiger partial charge in [-0.25, -0.2) is 4.98 Å². The van der Waals surface area contributed by atoms with Crippen LogP contribution in [0.4, 0.5) is 0 Å². The Bertz CT molecular complexity index is 745. The minimum absolute atomic E-state index is 0.194. The number of rotatable bonds is 10. The Balaban J connectivity index is 2.01. The molecular formula is C18H25N3O3S. The lowest BCUT2D eigenvalue weighted by molar-refractivity contribution is 0.401. The molecule has 0 spiro atoms. The number of pyridine rings is 1. The molecule has 2 aromatic rings. The molecule has 25 heavy (non-hydrogen) atoms. The molecule has 1 heterocycles. The van der Waals surface area contributed by atoms with Gasteiger partial charge in [-0.1, -0.05) is 32.0 Å². The zero-order chi connectivity index (χ0) is 18.1. The first-order chi connectivity index (χ1) is 12.0. The van der Waals surface area contributed by atoms with Crippen LogP contribution in [0.25, 0.3) is 0 Å². The molecule has 0 radical (unpaired) electrons. The highest BCUT2D eigenvalue weighted by molar-refractivity contribution is 7.87. The van der Waals surface area contributed by atoms with Crippen LogP contribution in [0.3, 0.4) is 0 Å². The van der Waals surface area contributed by atoms with Gasteiger partial charge in [-0.15, -0.1) is 0 Å². The van der Waals surface area contributed by atoms with E-state index in [4.69, 9.17) is 4.74 Å². The summed E-state index contributed by atoms with van der Waals surface area (Å²) in [6.07, 6.45) is 3.17. The zero-order valence-corrected chi connectivity index (χ0v) is 15.5. The standard InChI is InChI=1S/C18H25N3O3S/c1-3-12-21(13-4-2)25(22,23)20-15-16-10-11-19-18(14-16)24-17-8-6-5-7-9-17/h5-11,14,20H,3-4,12-13,15H2,1-2H3. The number of nitrogens with one attached hydrogen (secondary N) is 1. The van der Waals surface area contributed by atoms with E-state index in [1.807, 2.05) is 44.2 Å². The van der Waals surface area contributed by atoms with Crippen LogP contribution in [0.15, 0.2) is 48.7 Å². The maximum atomic E-state index is 12.4. The molecule has 2 rings (SSSR count). The maximum absolute atomic E-state index is 12.4. The molecule has 0 aliphatic carbocycles. The highest BCUT2D eigenvalue weighted by Crippen LogP contribution is 2.19. The van der Waals surface area contributed by atoms with Crippen LogP contribution in [-0.2, 0) is 16.8 Å². The number of hydrogen-bond acceptors (Lipinski definition) is 4. The van der Waals surface area contributed by atoms with E-state index in [-0.39, 0.29) is 6.54 Å². The van der Waals surface area contributed by atoms with Crippen molar-refractivity contribution >= 4 is 10.2 Å². The van der Waals surface area contributed by atoms with Crippen molar-refractivity contribution in [2.24, 2.45) is 0 Å². The molecule has 0 saturated carbocycles. The van der Waals surface area contributed by atoms with Gasteiger partial charge >= 0.3 is 0 Å². The quantitative estimate of drug-likeness (QED) is 0.703. The van der Waals surface area contributed by atoms with Gasteiger partial charge in [-0.05, 0) is 36.6 Å². The van der Waals surface area contributed by atoms with Crippen molar-refractivity contribution in [3.63, 3.8) is 0 Å². The van der Waals surface area contributed by atoms with E-state index in [0.29, 0.717) is 24.7 Å². The van der Waals surface area contributed by atoms with Crippen molar-refractivity contribution in [3.05, 3.63) is 54.2 Å². The summed E-state index contributed by atoms with van der Waals surface area (Å²) in [5.74, 6) is 1.12. The Morgan fingerprint density at radius 1 is 1.08 bits per heavy atom. The Labute approximate surface area is 150 Å². The van der Waals surface area contributed by atoms with E-state index >= 15 is 0 Å².